The van der Waals surface area contributed by atoms with Crippen LogP contribution in [-0.2, 0) is 0 Å². The van der Waals surface area contributed by atoms with E-state index in [1.165, 1.54) is 5.56 Å². The lowest BCUT2D eigenvalue weighted by atomic mass is 9.91. The van der Waals surface area contributed by atoms with Crippen molar-refractivity contribution >= 4 is 0 Å². The van der Waals surface area contributed by atoms with Crippen LogP contribution >= 0.6 is 0 Å². The van der Waals surface area contributed by atoms with Gasteiger partial charge in [0.05, 0.1) is 25.6 Å². The average Bonchev–Trinajstić information content (AvgIpc) is 3.30. The average molecular weight is 432 g/mol. The summed E-state index contributed by atoms with van der Waals surface area (Å²) in [7, 11) is 3.32. The molecule has 0 radical (unpaired) electrons. The van der Waals surface area contributed by atoms with Crippen LogP contribution in [0, 0.1) is 0 Å². The van der Waals surface area contributed by atoms with Crippen molar-refractivity contribution in [1.29, 1.82) is 0 Å². The molecule has 162 valence electrons. The van der Waals surface area contributed by atoms with E-state index in [1.54, 1.807) is 14.2 Å². The van der Waals surface area contributed by atoms with E-state index in [2.05, 4.69) is 89.9 Å². The molecule has 33 heavy (non-hydrogen) atoms. The van der Waals surface area contributed by atoms with Gasteiger partial charge in [-0.1, -0.05) is 91.0 Å². The summed E-state index contributed by atoms with van der Waals surface area (Å²) in [4.78, 5) is 3.77. The Bertz CT molecular complexity index is 1360. The second-order valence-electron chi connectivity index (χ2n) is 7.79. The number of rotatable bonds is 6. The molecule has 0 amide bonds. The first-order valence-corrected chi connectivity index (χ1v) is 10.9. The van der Waals surface area contributed by atoms with Crippen LogP contribution in [0.15, 0.2) is 109 Å². The number of aromatic nitrogens is 1. The Labute approximate surface area is 194 Å². The van der Waals surface area contributed by atoms with E-state index in [-0.39, 0.29) is 0 Å². The molecular weight excluding hydrogens is 406 g/mol. The van der Waals surface area contributed by atoms with Gasteiger partial charge < -0.3 is 14.5 Å². The monoisotopic (exact) mass is 431 g/mol. The Hall–Kier alpha value is -4.24. The molecule has 0 saturated carbocycles. The van der Waals surface area contributed by atoms with Crippen LogP contribution in [0.25, 0.3) is 44.8 Å². The van der Waals surface area contributed by atoms with Crippen molar-refractivity contribution in [3.8, 4) is 56.3 Å². The first-order chi connectivity index (χ1) is 16.3. The number of hydrogen-bond donors (Lipinski definition) is 1. The third-order valence-electron chi connectivity index (χ3n) is 5.86. The SMILES string of the molecule is COc1ccc(-c2[nH]c(-c3ccccc3)c(-c3ccccc3)c2-c2ccccc2)cc1OC. The van der Waals surface area contributed by atoms with E-state index in [1.807, 2.05) is 24.3 Å². The molecular formula is C30H25NO2. The summed E-state index contributed by atoms with van der Waals surface area (Å²) in [6.07, 6.45) is 0. The van der Waals surface area contributed by atoms with Crippen molar-refractivity contribution in [2.45, 2.75) is 0 Å². The largest absolute Gasteiger partial charge is 0.493 e. The number of methoxy groups -OCH3 is 2. The molecule has 5 aromatic rings. The first kappa shape index (κ1) is 20.7. The highest BCUT2D eigenvalue weighted by atomic mass is 16.5. The van der Waals surface area contributed by atoms with Crippen LogP contribution < -0.4 is 9.47 Å². The third kappa shape index (κ3) is 3.90. The van der Waals surface area contributed by atoms with Gasteiger partial charge in [-0.05, 0) is 34.9 Å². The zero-order chi connectivity index (χ0) is 22.6. The van der Waals surface area contributed by atoms with E-state index in [0.717, 1.165) is 39.2 Å². The smallest absolute Gasteiger partial charge is 0.161 e. The van der Waals surface area contributed by atoms with Crippen LogP contribution in [0.2, 0.25) is 0 Å². The number of hydrogen-bond acceptors (Lipinski definition) is 2. The molecule has 3 heteroatoms. The zero-order valence-electron chi connectivity index (χ0n) is 18.7. The molecule has 5 rings (SSSR count). The van der Waals surface area contributed by atoms with Gasteiger partial charge in [0, 0.05) is 16.7 Å². The van der Waals surface area contributed by atoms with Gasteiger partial charge in [-0.2, -0.15) is 0 Å². The first-order valence-electron chi connectivity index (χ1n) is 10.9. The molecule has 0 atom stereocenters. The molecule has 1 aromatic heterocycles. The lowest BCUT2D eigenvalue weighted by Gasteiger charge is -2.12. The Balaban J connectivity index is 1.86. The minimum absolute atomic E-state index is 0.700. The Morgan fingerprint density at radius 1 is 0.455 bits per heavy atom. The lowest BCUT2D eigenvalue weighted by molar-refractivity contribution is 0.355. The number of nitrogens with one attached hydrogen (secondary N) is 1. The Morgan fingerprint density at radius 3 is 1.39 bits per heavy atom. The Kier molecular flexibility index (Phi) is 5.69. The van der Waals surface area contributed by atoms with E-state index in [4.69, 9.17) is 9.47 Å². The molecule has 0 bridgehead atoms. The normalized spacial score (nSPS) is 10.7. The molecule has 0 unspecified atom stereocenters. The molecule has 3 nitrogen and oxygen atoms in total. The molecule has 0 aliphatic carbocycles. The third-order valence-corrected chi connectivity index (χ3v) is 5.86. The van der Waals surface area contributed by atoms with Gasteiger partial charge in [0.25, 0.3) is 0 Å². The van der Waals surface area contributed by atoms with Gasteiger partial charge in [0.2, 0.25) is 0 Å². The minimum Gasteiger partial charge on any atom is -0.493 e. The molecule has 1 N–H and O–H groups in total. The quantitative estimate of drug-likeness (QED) is 0.299. The van der Waals surface area contributed by atoms with Crippen LogP contribution in [0.3, 0.4) is 0 Å². The Morgan fingerprint density at radius 2 is 0.909 bits per heavy atom. The zero-order valence-corrected chi connectivity index (χ0v) is 18.7. The fraction of sp³-hybridized carbons (Fsp3) is 0.0667. The molecule has 4 aromatic carbocycles. The molecule has 0 spiro atoms. The van der Waals surface area contributed by atoms with Crippen molar-refractivity contribution in [2.75, 3.05) is 14.2 Å². The topological polar surface area (TPSA) is 34.2 Å². The summed E-state index contributed by atoms with van der Waals surface area (Å²) in [6.45, 7) is 0. The lowest BCUT2D eigenvalue weighted by Crippen LogP contribution is -1.91. The summed E-state index contributed by atoms with van der Waals surface area (Å²) in [6, 6.07) is 37.6. The maximum Gasteiger partial charge on any atom is 0.161 e. The highest BCUT2D eigenvalue weighted by molar-refractivity contribution is 6.01. The van der Waals surface area contributed by atoms with E-state index >= 15 is 0 Å². The molecule has 0 fully saturated rings. The van der Waals surface area contributed by atoms with Gasteiger partial charge >= 0.3 is 0 Å². The highest BCUT2D eigenvalue weighted by Gasteiger charge is 2.23. The summed E-state index contributed by atoms with van der Waals surface area (Å²) in [5, 5.41) is 0. The van der Waals surface area contributed by atoms with Crippen molar-refractivity contribution in [1.82, 2.24) is 4.98 Å². The minimum atomic E-state index is 0.700. The predicted molar refractivity (Wildman–Crippen MR) is 136 cm³/mol. The second kappa shape index (κ2) is 9.09. The maximum absolute atomic E-state index is 5.61. The summed E-state index contributed by atoms with van der Waals surface area (Å²) in [5.41, 5.74) is 8.96. The number of ether oxygens (including phenoxy) is 2. The molecule has 0 aliphatic heterocycles. The van der Waals surface area contributed by atoms with Crippen molar-refractivity contribution < 1.29 is 9.47 Å². The van der Waals surface area contributed by atoms with Gasteiger partial charge in [-0.3, -0.25) is 0 Å². The fourth-order valence-corrected chi connectivity index (χ4v) is 4.32. The van der Waals surface area contributed by atoms with Gasteiger partial charge in [-0.15, -0.1) is 0 Å². The van der Waals surface area contributed by atoms with Crippen molar-refractivity contribution in [2.24, 2.45) is 0 Å². The summed E-state index contributed by atoms with van der Waals surface area (Å²) < 4.78 is 11.1. The summed E-state index contributed by atoms with van der Waals surface area (Å²) in [5.74, 6) is 1.41. The van der Waals surface area contributed by atoms with Crippen LogP contribution in [0.4, 0.5) is 0 Å². The van der Waals surface area contributed by atoms with E-state index in [9.17, 15) is 0 Å². The van der Waals surface area contributed by atoms with Gasteiger partial charge in [-0.25, -0.2) is 0 Å². The maximum atomic E-state index is 5.61. The standard InChI is InChI=1S/C30H25NO2/c1-32-25-19-18-24(20-26(25)33-2)30-28(22-14-8-4-9-15-22)27(21-12-6-3-7-13-21)29(31-30)23-16-10-5-11-17-23/h3-20,31H,1-2H3. The summed E-state index contributed by atoms with van der Waals surface area (Å²) >= 11 is 0. The highest BCUT2D eigenvalue weighted by Crippen LogP contribution is 2.47. The number of aromatic amines is 1. The van der Waals surface area contributed by atoms with Crippen molar-refractivity contribution in [3.05, 3.63) is 109 Å². The van der Waals surface area contributed by atoms with Crippen LogP contribution in [0.1, 0.15) is 0 Å². The van der Waals surface area contributed by atoms with E-state index < -0.39 is 0 Å². The number of H-pyrrole nitrogens is 1. The molecule has 0 aliphatic rings. The fourth-order valence-electron chi connectivity index (χ4n) is 4.32. The van der Waals surface area contributed by atoms with E-state index in [0.29, 0.717) is 11.5 Å². The van der Waals surface area contributed by atoms with Crippen LogP contribution in [-0.4, -0.2) is 19.2 Å². The number of benzene rings is 4. The second-order valence-corrected chi connectivity index (χ2v) is 7.79. The van der Waals surface area contributed by atoms with Crippen LogP contribution in [0.5, 0.6) is 11.5 Å². The molecule has 0 saturated heterocycles. The van der Waals surface area contributed by atoms with Gasteiger partial charge in [0.1, 0.15) is 0 Å². The predicted octanol–water partition coefficient (Wildman–Crippen LogP) is 7.70. The molecule has 1 heterocycles. The van der Waals surface area contributed by atoms with Crippen molar-refractivity contribution in [3.63, 3.8) is 0 Å². The van der Waals surface area contributed by atoms with Gasteiger partial charge in [0.15, 0.2) is 11.5 Å².